The van der Waals surface area contributed by atoms with Gasteiger partial charge in [0.2, 0.25) is 10.0 Å². The first-order valence-electron chi connectivity index (χ1n) is 6.69. The smallest absolute Gasteiger partial charge is 0.238 e. The van der Waals surface area contributed by atoms with Gasteiger partial charge in [0, 0.05) is 10.0 Å². The highest BCUT2D eigenvalue weighted by molar-refractivity contribution is 7.89. The Morgan fingerprint density at radius 2 is 1.91 bits per heavy atom. The highest BCUT2D eigenvalue weighted by atomic mass is 35.5. The Labute approximate surface area is 143 Å². The number of fused-ring (bicyclic) bond motifs is 1. The van der Waals surface area contributed by atoms with E-state index in [4.69, 9.17) is 28.3 Å². The van der Waals surface area contributed by atoms with Crippen molar-refractivity contribution in [3.05, 3.63) is 57.8 Å². The van der Waals surface area contributed by atoms with Crippen LogP contribution in [0.3, 0.4) is 0 Å². The van der Waals surface area contributed by atoms with Crippen LogP contribution in [0, 0.1) is 6.92 Å². The zero-order valence-electron chi connectivity index (χ0n) is 12.1. The first-order valence-corrected chi connectivity index (χ1v) is 8.99. The molecule has 5 nitrogen and oxygen atoms in total. The minimum atomic E-state index is -3.77. The molecule has 0 aliphatic carbocycles. The molecule has 3 aromatic rings. The van der Waals surface area contributed by atoms with Crippen LogP contribution in [0.4, 0.5) is 0 Å². The molecule has 8 heteroatoms. The van der Waals surface area contributed by atoms with Gasteiger partial charge in [0.15, 0.2) is 0 Å². The molecule has 0 saturated heterocycles. The lowest BCUT2D eigenvalue weighted by atomic mass is 10.2. The van der Waals surface area contributed by atoms with E-state index < -0.39 is 10.0 Å². The Morgan fingerprint density at radius 1 is 1.17 bits per heavy atom. The molecule has 0 atom stereocenters. The third-order valence-electron chi connectivity index (χ3n) is 3.58. The molecule has 0 spiro atoms. The van der Waals surface area contributed by atoms with Crippen molar-refractivity contribution in [3.8, 4) is 0 Å². The number of imidazole rings is 1. The van der Waals surface area contributed by atoms with Crippen LogP contribution in [0.1, 0.15) is 11.4 Å². The van der Waals surface area contributed by atoms with Gasteiger partial charge in [0.25, 0.3) is 0 Å². The molecule has 1 heterocycles. The molecule has 0 unspecified atom stereocenters. The monoisotopic (exact) mass is 369 g/mol. The highest BCUT2D eigenvalue weighted by Crippen LogP contribution is 2.25. The molecule has 0 amide bonds. The predicted octanol–water partition coefficient (Wildman–Crippen LogP) is 3.35. The van der Waals surface area contributed by atoms with E-state index in [1.807, 2.05) is 17.6 Å². The number of primary sulfonamides is 1. The van der Waals surface area contributed by atoms with Gasteiger partial charge in [-0.2, -0.15) is 0 Å². The molecule has 1 aromatic heterocycles. The maximum atomic E-state index is 11.6. The molecule has 2 aromatic carbocycles. The Balaban J connectivity index is 2.14. The second kappa shape index (κ2) is 5.79. The summed E-state index contributed by atoms with van der Waals surface area (Å²) in [4.78, 5) is 4.49. The topological polar surface area (TPSA) is 78.0 Å². The van der Waals surface area contributed by atoms with Crippen molar-refractivity contribution in [1.82, 2.24) is 9.55 Å². The van der Waals surface area contributed by atoms with Crippen molar-refractivity contribution in [2.24, 2.45) is 5.14 Å². The van der Waals surface area contributed by atoms with Gasteiger partial charge in [0.1, 0.15) is 5.82 Å². The summed E-state index contributed by atoms with van der Waals surface area (Å²) in [6.07, 6.45) is 0. The summed E-state index contributed by atoms with van der Waals surface area (Å²) in [5, 5.41) is 6.31. The summed E-state index contributed by atoms with van der Waals surface area (Å²) in [6.45, 7) is 2.30. The minimum Gasteiger partial charge on any atom is -0.324 e. The van der Waals surface area contributed by atoms with Gasteiger partial charge in [-0.25, -0.2) is 18.5 Å². The second-order valence-electron chi connectivity index (χ2n) is 5.18. The third kappa shape index (κ3) is 3.21. The predicted molar refractivity (Wildman–Crippen MR) is 91.4 cm³/mol. The van der Waals surface area contributed by atoms with E-state index in [0.717, 1.165) is 11.4 Å². The summed E-state index contributed by atoms with van der Waals surface area (Å²) >= 11 is 12.1. The van der Waals surface area contributed by atoms with Crippen LogP contribution in [0.15, 0.2) is 41.3 Å². The molecule has 0 bridgehead atoms. The largest absolute Gasteiger partial charge is 0.324 e. The van der Waals surface area contributed by atoms with Crippen molar-refractivity contribution in [1.29, 1.82) is 0 Å². The minimum absolute atomic E-state index is 0.0494. The second-order valence-corrected chi connectivity index (χ2v) is 7.58. The number of benzene rings is 2. The van der Waals surface area contributed by atoms with Crippen LogP contribution in [0.5, 0.6) is 0 Å². The fraction of sp³-hybridized carbons (Fsp3) is 0.133. The zero-order chi connectivity index (χ0) is 16.8. The number of rotatable bonds is 3. The molecule has 23 heavy (non-hydrogen) atoms. The Kier molecular flexibility index (Phi) is 4.10. The van der Waals surface area contributed by atoms with Crippen molar-refractivity contribution in [3.63, 3.8) is 0 Å². The Bertz CT molecular complexity index is 1010. The Morgan fingerprint density at radius 3 is 2.57 bits per heavy atom. The number of nitrogens with zero attached hydrogens (tertiary/aromatic N) is 2. The molecular weight excluding hydrogens is 357 g/mol. The maximum Gasteiger partial charge on any atom is 0.238 e. The number of hydrogen-bond donors (Lipinski definition) is 1. The van der Waals surface area contributed by atoms with Crippen LogP contribution in [-0.2, 0) is 16.6 Å². The van der Waals surface area contributed by atoms with Crippen molar-refractivity contribution in [2.45, 2.75) is 18.4 Å². The van der Waals surface area contributed by atoms with E-state index in [1.165, 1.54) is 12.1 Å². The summed E-state index contributed by atoms with van der Waals surface area (Å²) in [6, 6.07) is 9.87. The van der Waals surface area contributed by atoms with E-state index >= 15 is 0 Å². The van der Waals surface area contributed by atoms with Crippen LogP contribution in [0.25, 0.3) is 11.0 Å². The van der Waals surface area contributed by atoms with Gasteiger partial charge >= 0.3 is 0 Å². The SMILES string of the molecule is Cc1nc2ccc(S(N)(=O)=O)cc2n1Cc1ccc(Cl)cc1Cl. The maximum absolute atomic E-state index is 11.6. The van der Waals surface area contributed by atoms with Crippen molar-refractivity contribution < 1.29 is 8.42 Å². The van der Waals surface area contributed by atoms with Gasteiger partial charge in [-0.15, -0.1) is 0 Å². The van der Waals surface area contributed by atoms with Gasteiger partial charge in [-0.05, 0) is 42.8 Å². The lowest BCUT2D eigenvalue weighted by Crippen LogP contribution is -2.12. The van der Waals surface area contributed by atoms with E-state index in [0.29, 0.717) is 27.6 Å². The Hall–Kier alpha value is -1.60. The molecule has 3 rings (SSSR count). The first-order chi connectivity index (χ1) is 10.8. The van der Waals surface area contributed by atoms with Crippen LogP contribution in [-0.4, -0.2) is 18.0 Å². The number of aryl methyl sites for hydroxylation is 1. The molecule has 0 aliphatic rings. The normalized spacial score (nSPS) is 12.0. The third-order valence-corrected chi connectivity index (χ3v) is 5.08. The standard InChI is InChI=1S/C15H13Cl2N3O2S/c1-9-19-14-5-4-12(23(18,21)22)7-15(14)20(9)8-10-2-3-11(16)6-13(10)17/h2-7H,8H2,1H3,(H2,18,21,22). The molecule has 0 aliphatic heterocycles. The average molecular weight is 370 g/mol. The lowest BCUT2D eigenvalue weighted by molar-refractivity contribution is 0.598. The molecule has 0 fully saturated rings. The lowest BCUT2D eigenvalue weighted by Gasteiger charge is -2.09. The van der Waals surface area contributed by atoms with Gasteiger partial charge in [0.05, 0.1) is 22.5 Å². The molecule has 120 valence electrons. The average Bonchev–Trinajstić information content (AvgIpc) is 2.76. The number of sulfonamides is 1. The van der Waals surface area contributed by atoms with E-state index in [9.17, 15) is 8.42 Å². The summed E-state index contributed by atoms with van der Waals surface area (Å²) in [5.74, 6) is 0.748. The van der Waals surface area contributed by atoms with Crippen molar-refractivity contribution >= 4 is 44.3 Å². The number of aromatic nitrogens is 2. The van der Waals surface area contributed by atoms with E-state index in [-0.39, 0.29) is 4.90 Å². The molecule has 2 N–H and O–H groups in total. The molecule has 0 radical (unpaired) electrons. The van der Waals surface area contributed by atoms with Crippen LogP contribution in [0.2, 0.25) is 10.0 Å². The first kappa shape index (κ1) is 16.3. The highest BCUT2D eigenvalue weighted by Gasteiger charge is 2.14. The quantitative estimate of drug-likeness (QED) is 0.768. The fourth-order valence-electron chi connectivity index (χ4n) is 2.42. The summed E-state index contributed by atoms with van der Waals surface area (Å²) in [5.41, 5.74) is 2.24. The van der Waals surface area contributed by atoms with E-state index in [1.54, 1.807) is 18.2 Å². The van der Waals surface area contributed by atoms with E-state index in [2.05, 4.69) is 4.98 Å². The van der Waals surface area contributed by atoms with Gasteiger partial charge in [-0.1, -0.05) is 29.3 Å². The van der Waals surface area contributed by atoms with Crippen molar-refractivity contribution in [2.75, 3.05) is 0 Å². The van der Waals surface area contributed by atoms with Gasteiger partial charge < -0.3 is 4.57 Å². The summed E-state index contributed by atoms with van der Waals surface area (Å²) < 4.78 is 25.0. The fourth-order valence-corrected chi connectivity index (χ4v) is 3.42. The number of nitrogens with two attached hydrogens (primary N) is 1. The van der Waals surface area contributed by atoms with Crippen LogP contribution < -0.4 is 5.14 Å². The number of halogens is 2. The van der Waals surface area contributed by atoms with Crippen LogP contribution >= 0.6 is 23.2 Å². The molecular formula is C15H13Cl2N3O2S. The molecule has 0 saturated carbocycles. The summed E-state index contributed by atoms with van der Waals surface area (Å²) in [7, 11) is -3.77. The zero-order valence-corrected chi connectivity index (χ0v) is 14.5. The number of hydrogen-bond acceptors (Lipinski definition) is 3. The van der Waals surface area contributed by atoms with Gasteiger partial charge in [-0.3, -0.25) is 0 Å².